The van der Waals surface area contributed by atoms with Gasteiger partial charge in [-0.15, -0.1) is 10.2 Å². The number of amides is 1. The van der Waals surface area contributed by atoms with E-state index in [-0.39, 0.29) is 5.91 Å². The van der Waals surface area contributed by atoms with Gasteiger partial charge in [0, 0.05) is 23.5 Å². The van der Waals surface area contributed by atoms with Gasteiger partial charge in [-0.05, 0) is 31.7 Å². The van der Waals surface area contributed by atoms with Crippen molar-refractivity contribution in [2.45, 2.75) is 43.8 Å². The van der Waals surface area contributed by atoms with E-state index in [0.29, 0.717) is 17.0 Å². The SMILES string of the molecule is CCC1CCCCN1C(=O)CSc1nnc2c(n1)[nH]c1ccccc12. The van der Waals surface area contributed by atoms with E-state index in [0.717, 1.165) is 47.9 Å². The van der Waals surface area contributed by atoms with Crippen molar-refractivity contribution in [1.29, 1.82) is 0 Å². The second-order valence-corrected chi connectivity index (χ2v) is 7.34. The number of thioether (sulfide) groups is 1. The molecule has 0 radical (unpaired) electrons. The highest BCUT2D eigenvalue weighted by Crippen LogP contribution is 2.24. The lowest BCUT2D eigenvalue weighted by molar-refractivity contribution is -0.132. The van der Waals surface area contributed by atoms with E-state index in [1.54, 1.807) is 0 Å². The van der Waals surface area contributed by atoms with Crippen LogP contribution in [0.25, 0.3) is 22.1 Å². The van der Waals surface area contributed by atoms with Crippen LogP contribution in [0.2, 0.25) is 0 Å². The van der Waals surface area contributed by atoms with Crippen LogP contribution in [0.5, 0.6) is 0 Å². The maximum Gasteiger partial charge on any atom is 0.233 e. The van der Waals surface area contributed by atoms with Gasteiger partial charge in [0.1, 0.15) is 5.52 Å². The highest BCUT2D eigenvalue weighted by molar-refractivity contribution is 7.99. The molecule has 1 fully saturated rings. The van der Waals surface area contributed by atoms with Gasteiger partial charge in [-0.2, -0.15) is 0 Å². The van der Waals surface area contributed by atoms with Crippen molar-refractivity contribution in [2.75, 3.05) is 12.3 Å². The lowest BCUT2D eigenvalue weighted by Gasteiger charge is -2.35. The monoisotopic (exact) mass is 355 g/mol. The molecular formula is C18H21N5OS. The molecule has 0 aliphatic carbocycles. The number of H-pyrrole nitrogens is 1. The van der Waals surface area contributed by atoms with Crippen LogP contribution in [0.4, 0.5) is 0 Å². The molecule has 4 rings (SSSR count). The fourth-order valence-electron chi connectivity index (χ4n) is 3.53. The molecule has 1 amide bonds. The number of piperidine rings is 1. The third kappa shape index (κ3) is 3.20. The molecule has 6 nitrogen and oxygen atoms in total. The molecule has 1 aromatic carbocycles. The summed E-state index contributed by atoms with van der Waals surface area (Å²) < 4.78 is 0. The first-order chi connectivity index (χ1) is 12.3. The number of hydrogen-bond donors (Lipinski definition) is 1. The summed E-state index contributed by atoms with van der Waals surface area (Å²) in [5.41, 5.74) is 2.49. The highest BCUT2D eigenvalue weighted by Gasteiger charge is 2.25. The van der Waals surface area contributed by atoms with Crippen LogP contribution in [-0.2, 0) is 4.79 Å². The molecule has 7 heteroatoms. The number of para-hydroxylation sites is 1. The van der Waals surface area contributed by atoms with Gasteiger partial charge in [0.15, 0.2) is 5.65 Å². The normalized spacial score (nSPS) is 18.1. The zero-order valence-electron chi connectivity index (χ0n) is 14.2. The summed E-state index contributed by atoms with van der Waals surface area (Å²) in [7, 11) is 0. The van der Waals surface area contributed by atoms with Crippen molar-refractivity contribution in [1.82, 2.24) is 25.1 Å². The Bertz CT molecular complexity index is 909. The molecule has 1 N–H and O–H groups in total. The number of rotatable bonds is 4. The Hall–Kier alpha value is -2.15. The Morgan fingerprint density at radius 3 is 3.08 bits per heavy atom. The van der Waals surface area contributed by atoms with Crippen LogP contribution in [0.3, 0.4) is 0 Å². The molecule has 0 bridgehead atoms. The Kier molecular flexibility index (Phi) is 4.57. The molecule has 3 heterocycles. The van der Waals surface area contributed by atoms with E-state index in [1.165, 1.54) is 18.2 Å². The van der Waals surface area contributed by atoms with Crippen LogP contribution >= 0.6 is 11.8 Å². The summed E-state index contributed by atoms with van der Waals surface area (Å²) in [4.78, 5) is 22.4. The molecule has 2 aromatic heterocycles. The van der Waals surface area contributed by atoms with Crippen molar-refractivity contribution < 1.29 is 4.79 Å². The number of nitrogens with one attached hydrogen (secondary N) is 1. The number of nitrogens with zero attached hydrogens (tertiary/aromatic N) is 4. The quantitative estimate of drug-likeness (QED) is 0.726. The van der Waals surface area contributed by atoms with Crippen molar-refractivity contribution in [3.8, 4) is 0 Å². The van der Waals surface area contributed by atoms with Gasteiger partial charge < -0.3 is 9.88 Å². The summed E-state index contributed by atoms with van der Waals surface area (Å²) in [6.07, 6.45) is 4.47. The van der Waals surface area contributed by atoms with Gasteiger partial charge in [-0.25, -0.2) is 4.98 Å². The van der Waals surface area contributed by atoms with Gasteiger partial charge in [0.05, 0.1) is 5.75 Å². The number of carbonyl (C=O) groups is 1. The molecule has 1 atom stereocenters. The van der Waals surface area contributed by atoms with E-state index >= 15 is 0 Å². The average Bonchev–Trinajstić information content (AvgIpc) is 3.03. The minimum atomic E-state index is 0.178. The van der Waals surface area contributed by atoms with Crippen LogP contribution in [0.15, 0.2) is 29.4 Å². The first-order valence-electron chi connectivity index (χ1n) is 8.79. The number of fused-ring (bicyclic) bond motifs is 3. The van der Waals surface area contributed by atoms with E-state index in [4.69, 9.17) is 0 Å². The molecule has 1 saturated heterocycles. The van der Waals surface area contributed by atoms with Crippen LogP contribution in [0, 0.1) is 0 Å². The number of carbonyl (C=O) groups excluding carboxylic acids is 1. The van der Waals surface area contributed by atoms with Crippen molar-refractivity contribution >= 4 is 39.7 Å². The van der Waals surface area contributed by atoms with E-state index in [1.807, 2.05) is 29.2 Å². The number of aromatic amines is 1. The van der Waals surface area contributed by atoms with E-state index in [9.17, 15) is 4.79 Å². The van der Waals surface area contributed by atoms with E-state index in [2.05, 4.69) is 27.1 Å². The molecule has 0 spiro atoms. The van der Waals surface area contributed by atoms with Crippen molar-refractivity contribution in [3.63, 3.8) is 0 Å². The highest BCUT2D eigenvalue weighted by atomic mass is 32.2. The Morgan fingerprint density at radius 1 is 1.32 bits per heavy atom. The summed E-state index contributed by atoms with van der Waals surface area (Å²) in [6, 6.07) is 8.33. The van der Waals surface area contributed by atoms with Crippen LogP contribution < -0.4 is 0 Å². The molecule has 130 valence electrons. The predicted octanol–water partition coefficient (Wildman–Crippen LogP) is 3.39. The molecule has 1 aliphatic rings. The molecule has 0 saturated carbocycles. The maximum atomic E-state index is 12.6. The zero-order valence-corrected chi connectivity index (χ0v) is 15.1. The summed E-state index contributed by atoms with van der Waals surface area (Å²) in [5.74, 6) is 0.543. The Balaban J connectivity index is 1.49. The smallest absolute Gasteiger partial charge is 0.233 e. The lowest BCUT2D eigenvalue weighted by atomic mass is 10.0. The number of benzene rings is 1. The van der Waals surface area contributed by atoms with Gasteiger partial charge in [0.25, 0.3) is 0 Å². The summed E-state index contributed by atoms with van der Waals surface area (Å²) in [5, 5.41) is 10.1. The summed E-state index contributed by atoms with van der Waals surface area (Å²) in [6.45, 7) is 3.03. The summed E-state index contributed by atoms with van der Waals surface area (Å²) >= 11 is 1.36. The minimum Gasteiger partial charge on any atom is -0.339 e. The molecule has 1 aliphatic heterocycles. The Morgan fingerprint density at radius 2 is 2.20 bits per heavy atom. The van der Waals surface area contributed by atoms with Crippen molar-refractivity contribution in [2.24, 2.45) is 0 Å². The first kappa shape index (κ1) is 16.3. The van der Waals surface area contributed by atoms with Gasteiger partial charge >= 0.3 is 0 Å². The molecule has 25 heavy (non-hydrogen) atoms. The second-order valence-electron chi connectivity index (χ2n) is 6.40. The third-order valence-corrected chi connectivity index (χ3v) is 5.67. The number of likely N-dealkylation sites (tertiary alicyclic amines) is 1. The fraction of sp³-hybridized carbons (Fsp3) is 0.444. The van der Waals surface area contributed by atoms with Gasteiger partial charge in [-0.1, -0.05) is 36.9 Å². The topological polar surface area (TPSA) is 74.8 Å². The molecular weight excluding hydrogens is 334 g/mol. The first-order valence-corrected chi connectivity index (χ1v) is 9.78. The molecule has 1 unspecified atom stereocenters. The number of hydrogen-bond acceptors (Lipinski definition) is 5. The fourth-order valence-corrected chi connectivity index (χ4v) is 4.20. The van der Waals surface area contributed by atoms with Crippen molar-refractivity contribution in [3.05, 3.63) is 24.3 Å². The van der Waals surface area contributed by atoms with E-state index < -0.39 is 0 Å². The van der Waals surface area contributed by atoms with Gasteiger partial charge in [0.2, 0.25) is 11.1 Å². The lowest BCUT2D eigenvalue weighted by Crippen LogP contribution is -2.44. The largest absolute Gasteiger partial charge is 0.339 e. The third-order valence-electron chi connectivity index (χ3n) is 4.85. The van der Waals surface area contributed by atoms with Crippen LogP contribution in [0.1, 0.15) is 32.6 Å². The molecule has 3 aromatic rings. The number of aromatic nitrogens is 4. The minimum absolute atomic E-state index is 0.178. The van der Waals surface area contributed by atoms with Crippen LogP contribution in [-0.4, -0.2) is 49.3 Å². The zero-order chi connectivity index (χ0) is 17.2. The maximum absolute atomic E-state index is 12.6. The van der Waals surface area contributed by atoms with Gasteiger partial charge in [-0.3, -0.25) is 4.79 Å². The average molecular weight is 355 g/mol. The second kappa shape index (κ2) is 7.00. The standard InChI is InChI=1S/C18H21N5OS/c1-2-12-7-5-6-10-23(12)15(24)11-25-18-20-17-16(21-22-18)13-8-3-4-9-14(13)19-17/h3-4,8-9,12H,2,5-7,10-11H2,1H3,(H,19,20,22). The predicted molar refractivity (Wildman–Crippen MR) is 99.6 cm³/mol. The Labute approximate surface area is 150 Å².